The molecule has 2 aromatic rings. The van der Waals surface area contributed by atoms with Crippen molar-refractivity contribution in [1.82, 2.24) is 4.57 Å². The van der Waals surface area contributed by atoms with Crippen LogP contribution in [0.3, 0.4) is 0 Å². The quantitative estimate of drug-likeness (QED) is 0.883. The van der Waals surface area contributed by atoms with E-state index in [1.807, 2.05) is 12.1 Å². The van der Waals surface area contributed by atoms with Gasteiger partial charge in [0.05, 0.1) is 11.1 Å². The van der Waals surface area contributed by atoms with Gasteiger partial charge in [0.15, 0.2) is 0 Å². The number of nitrogens with zero attached hydrogens (tertiary/aromatic N) is 1. The summed E-state index contributed by atoms with van der Waals surface area (Å²) in [6, 6.07) is 5.58. The average molecular weight is 258 g/mol. The standard InChI is InChI=1S/C15H18N2O2/c16-8-3-9-17-13-7-2-4-10(13)11-5-1-6-12(14(11)17)15(18)19/h1,5-6H,2-4,7-9,16H2,(H,18,19). The van der Waals surface area contributed by atoms with Crippen LogP contribution in [0.25, 0.3) is 10.9 Å². The molecule has 0 fully saturated rings. The summed E-state index contributed by atoms with van der Waals surface area (Å²) in [6.45, 7) is 1.44. The lowest BCUT2D eigenvalue weighted by Gasteiger charge is -2.10. The predicted octanol–water partition coefficient (Wildman–Crippen LogP) is 2.18. The fourth-order valence-electron chi connectivity index (χ4n) is 3.20. The molecule has 100 valence electrons. The Hall–Kier alpha value is -1.81. The molecule has 3 N–H and O–H groups in total. The fraction of sp³-hybridized carbons (Fsp3) is 0.400. The number of aryl methyl sites for hydroxylation is 2. The van der Waals surface area contributed by atoms with Gasteiger partial charge in [-0.25, -0.2) is 4.79 Å². The Morgan fingerprint density at radius 3 is 2.95 bits per heavy atom. The van der Waals surface area contributed by atoms with Gasteiger partial charge in [0.25, 0.3) is 0 Å². The van der Waals surface area contributed by atoms with Crippen LogP contribution < -0.4 is 5.73 Å². The van der Waals surface area contributed by atoms with E-state index in [0.29, 0.717) is 12.1 Å². The third-order valence-corrected chi connectivity index (χ3v) is 3.96. The lowest BCUT2D eigenvalue weighted by Crippen LogP contribution is -2.10. The van der Waals surface area contributed by atoms with E-state index in [9.17, 15) is 9.90 Å². The molecule has 0 saturated heterocycles. The van der Waals surface area contributed by atoms with Crippen molar-refractivity contribution in [2.24, 2.45) is 5.73 Å². The summed E-state index contributed by atoms with van der Waals surface area (Å²) in [4.78, 5) is 11.4. The van der Waals surface area contributed by atoms with Crippen LogP contribution in [-0.4, -0.2) is 22.2 Å². The van der Waals surface area contributed by atoms with Crippen LogP contribution in [0.15, 0.2) is 18.2 Å². The number of hydrogen-bond acceptors (Lipinski definition) is 2. The second-order valence-corrected chi connectivity index (χ2v) is 5.08. The highest BCUT2D eigenvalue weighted by molar-refractivity contribution is 6.04. The van der Waals surface area contributed by atoms with Gasteiger partial charge in [-0.3, -0.25) is 0 Å². The van der Waals surface area contributed by atoms with Gasteiger partial charge in [-0.2, -0.15) is 0 Å². The molecule has 0 aliphatic heterocycles. The maximum atomic E-state index is 11.4. The zero-order valence-electron chi connectivity index (χ0n) is 10.9. The third kappa shape index (κ3) is 1.83. The van der Waals surface area contributed by atoms with E-state index in [0.717, 1.165) is 36.7 Å². The summed E-state index contributed by atoms with van der Waals surface area (Å²) < 4.78 is 2.19. The molecule has 0 atom stereocenters. The van der Waals surface area contributed by atoms with E-state index in [4.69, 9.17) is 5.73 Å². The normalized spacial score (nSPS) is 13.9. The number of hydrogen-bond donors (Lipinski definition) is 2. The van der Waals surface area contributed by atoms with Crippen LogP contribution in [0.5, 0.6) is 0 Å². The minimum Gasteiger partial charge on any atom is -0.478 e. The predicted molar refractivity (Wildman–Crippen MR) is 74.6 cm³/mol. The van der Waals surface area contributed by atoms with E-state index in [-0.39, 0.29) is 0 Å². The second-order valence-electron chi connectivity index (χ2n) is 5.08. The van der Waals surface area contributed by atoms with Crippen molar-refractivity contribution in [3.05, 3.63) is 35.0 Å². The van der Waals surface area contributed by atoms with Crippen LogP contribution in [0.1, 0.15) is 34.5 Å². The van der Waals surface area contributed by atoms with Gasteiger partial charge in [0, 0.05) is 17.6 Å². The molecule has 1 aliphatic carbocycles. The van der Waals surface area contributed by atoms with Crippen molar-refractivity contribution >= 4 is 16.9 Å². The second kappa shape index (κ2) is 4.70. The Morgan fingerprint density at radius 1 is 1.37 bits per heavy atom. The Morgan fingerprint density at radius 2 is 2.21 bits per heavy atom. The van der Waals surface area contributed by atoms with Gasteiger partial charge < -0.3 is 15.4 Å². The molecule has 1 heterocycles. The number of carbonyl (C=O) groups is 1. The SMILES string of the molecule is NCCCn1c2c(c3cccc(C(=O)O)c31)CCC2. The van der Waals surface area contributed by atoms with Gasteiger partial charge >= 0.3 is 5.97 Å². The lowest BCUT2D eigenvalue weighted by molar-refractivity contribution is 0.0698. The summed E-state index contributed by atoms with van der Waals surface area (Å²) in [5.41, 5.74) is 9.55. The molecule has 0 radical (unpaired) electrons. The summed E-state index contributed by atoms with van der Waals surface area (Å²) in [5, 5.41) is 10.5. The number of aromatic carboxylic acids is 1. The molecule has 19 heavy (non-hydrogen) atoms. The van der Waals surface area contributed by atoms with Crippen LogP contribution in [-0.2, 0) is 19.4 Å². The topological polar surface area (TPSA) is 68.2 Å². The van der Waals surface area contributed by atoms with Crippen molar-refractivity contribution in [2.45, 2.75) is 32.2 Å². The van der Waals surface area contributed by atoms with Crippen LogP contribution >= 0.6 is 0 Å². The monoisotopic (exact) mass is 258 g/mol. The molecule has 4 nitrogen and oxygen atoms in total. The number of fused-ring (bicyclic) bond motifs is 3. The summed E-state index contributed by atoms with van der Waals surface area (Å²) in [5.74, 6) is -0.851. The molecule has 4 heteroatoms. The molecule has 0 spiro atoms. The average Bonchev–Trinajstić information content (AvgIpc) is 2.97. The number of carboxylic acid groups (broad SMARTS) is 1. The summed E-state index contributed by atoms with van der Waals surface area (Å²) in [6.07, 6.45) is 4.16. The number of benzene rings is 1. The first-order valence-electron chi connectivity index (χ1n) is 6.80. The molecule has 0 amide bonds. The zero-order chi connectivity index (χ0) is 13.4. The van der Waals surface area contributed by atoms with Gasteiger partial charge in [0.2, 0.25) is 0 Å². The number of para-hydroxylation sites is 1. The first-order chi connectivity index (χ1) is 9.24. The molecule has 3 rings (SSSR count). The summed E-state index contributed by atoms with van der Waals surface area (Å²) >= 11 is 0. The van der Waals surface area contributed by atoms with Crippen molar-refractivity contribution in [1.29, 1.82) is 0 Å². The van der Waals surface area contributed by atoms with Crippen molar-refractivity contribution in [3.63, 3.8) is 0 Å². The third-order valence-electron chi connectivity index (χ3n) is 3.96. The molecular formula is C15H18N2O2. The van der Waals surface area contributed by atoms with Gasteiger partial charge in [-0.05, 0) is 43.9 Å². The number of nitrogens with two attached hydrogens (primary N) is 1. The minimum atomic E-state index is -0.851. The Labute approximate surface area is 111 Å². The van der Waals surface area contributed by atoms with Crippen LogP contribution in [0.4, 0.5) is 0 Å². The maximum absolute atomic E-state index is 11.4. The van der Waals surface area contributed by atoms with E-state index < -0.39 is 5.97 Å². The smallest absolute Gasteiger partial charge is 0.337 e. The Kier molecular flexibility index (Phi) is 3.03. The largest absolute Gasteiger partial charge is 0.478 e. The Bertz CT molecular complexity index is 643. The molecule has 0 unspecified atom stereocenters. The minimum absolute atomic E-state index is 0.406. The van der Waals surface area contributed by atoms with Gasteiger partial charge in [-0.1, -0.05) is 12.1 Å². The zero-order valence-corrected chi connectivity index (χ0v) is 10.9. The molecule has 0 bridgehead atoms. The maximum Gasteiger partial charge on any atom is 0.337 e. The van der Waals surface area contributed by atoms with Gasteiger partial charge in [-0.15, -0.1) is 0 Å². The fourth-order valence-corrected chi connectivity index (χ4v) is 3.20. The molecule has 1 aliphatic rings. The highest BCUT2D eigenvalue weighted by atomic mass is 16.4. The number of rotatable bonds is 4. The number of carboxylic acids is 1. The molecule has 1 aromatic carbocycles. The van der Waals surface area contributed by atoms with Crippen LogP contribution in [0.2, 0.25) is 0 Å². The van der Waals surface area contributed by atoms with Gasteiger partial charge in [0.1, 0.15) is 0 Å². The highest BCUT2D eigenvalue weighted by Gasteiger charge is 2.24. The van der Waals surface area contributed by atoms with E-state index in [1.165, 1.54) is 17.7 Å². The van der Waals surface area contributed by atoms with E-state index >= 15 is 0 Å². The van der Waals surface area contributed by atoms with Crippen molar-refractivity contribution in [2.75, 3.05) is 6.54 Å². The first-order valence-corrected chi connectivity index (χ1v) is 6.80. The van der Waals surface area contributed by atoms with E-state index in [2.05, 4.69) is 4.57 Å². The highest BCUT2D eigenvalue weighted by Crippen LogP contribution is 2.34. The Balaban J connectivity index is 2.28. The lowest BCUT2D eigenvalue weighted by atomic mass is 10.1. The summed E-state index contributed by atoms with van der Waals surface area (Å²) in [7, 11) is 0. The van der Waals surface area contributed by atoms with E-state index in [1.54, 1.807) is 6.07 Å². The van der Waals surface area contributed by atoms with Crippen LogP contribution in [0, 0.1) is 0 Å². The van der Waals surface area contributed by atoms with Crippen molar-refractivity contribution in [3.8, 4) is 0 Å². The molecule has 0 saturated carbocycles. The molecular weight excluding hydrogens is 240 g/mol. The molecule has 1 aromatic heterocycles. The first kappa shape index (κ1) is 12.2. The van der Waals surface area contributed by atoms with Crippen molar-refractivity contribution < 1.29 is 9.90 Å². The number of aromatic nitrogens is 1.